The molecule has 0 saturated carbocycles. The van der Waals surface area contributed by atoms with E-state index in [-0.39, 0.29) is 0 Å². The second-order valence-electron chi connectivity index (χ2n) is 5.75. The molecule has 132 valence electrons. The fourth-order valence-corrected chi connectivity index (χ4v) is 3.29. The zero-order valence-corrected chi connectivity index (χ0v) is 15.7. The molecule has 0 radical (unpaired) electrons. The predicted octanol–water partition coefficient (Wildman–Crippen LogP) is 4.61. The Morgan fingerprint density at radius 3 is 2.88 bits per heavy atom. The lowest BCUT2D eigenvalue weighted by Gasteiger charge is -1.96. The maximum Gasteiger partial charge on any atom is 0.181 e. The van der Waals surface area contributed by atoms with Crippen LogP contribution in [0.3, 0.4) is 0 Å². The van der Waals surface area contributed by atoms with Crippen LogP contribution in [0.25, 0.3) is 22.4 Å². The first-order chi connectivity index (χ1) is 12.1. The van der Waals surface area contributed by atoms with Gasteiger partial charge in [-0.2, -0.15) is 5.10 Å². The zero-order valence-electron chi connectivity index (χ0n) is 14.9. The Labute approximate surface area is 150 Å². The van der Waals surface area contributed by atoms with Crippen molar-refractivity contribution < 1.29 is 4.21 Å². The van der Waals surface area contributed by atoms with E-state index in [0.717, 1.165) is 28.1 Å². The fraction of sp³-hybridized carbons (Fsp3) is 0.263. The van der Waals surface area contributed by atoms with Crippen molar-refractivity contribution in [3.63, 3.8) is 0 Å². The van der Waals surface area contributed by atoms with E-state index in [0.29, 0.717) is 11.4 Å². The summed E-state index contributed by atoms with van der Waals surface area (Å²) in [6.45, 7) is 9.35. The van der Waals surface area contributed by atoms with Gasteiger partial charge in [-0.25, -0.2) is 4.98 Å². The lowest BCUT2D eigenvalue weighted by Crippen LogP contribution is -1.95. The average molecular weight is 356 g/mol. The highest BCUT2D eigenvalue weighted by molar-refractivity contribution is 7.85. The largest absolute Gasteiger partial charge is 0.359 e. The minimum absolute atomic E-state index is 0.633. The van der Waals surface area contributed by atoms with Gasteiger partial charge in [-0.05, 0) is 45.4 Å². The number of nitrogens with one attached hydrogen (secondary N) is 2. The Kier molecular flexibility index (Phi) is 6.89. The van der Waals surface area contributed by atoms with Gasteiger partial charge >= 0.3 is 0 Å². The minimum atomic E-state index is -1.00. The Morgan fingerprint density at radius 1 is 1.40 bits per heavy atom. The van der Waals surface area contributed by atoms with E-state index in [2.05, 4.69) is 46.7 Å². The number of hydrogen-bond acceptors (Lipinski definition) is 3. The summed E-state index contributed by atoms with van der Waals surface area (Å²) in [5.41, 5.74) is 3.68. The number of hydrogen-bond donors (Lipinski definition) is 2. The van der Waals surface area contributed by atoms with Crippen LogP contribution in [0.4, 0.5) is 0 Å². The van der Waals surface area contributed by atoms with Gasteiger partial charge in [-0.3, -0.25) is 9.31 Å². The summed E-state index contributed by atoms with van der Waals surface area (Å²) < 4.78 is 12.3. The third kappa shape index (κ3) is 5.00. The molecule has 3 heterocycles. The topological polar surface area (TPSA) is 74.4 Å². The smallest absolute Gasteiger partial charge is 0.181 e. The Hall–Kier alpha value is -2.47. The third-order valence-corrected chi connectivity index (χ3v) is 4.74. The van der Waals surface area contributed by atoms with Crippen molar-refractivity contribution in [2.75, 3.05) is 5.75 Å². The molecular formula is C19H24N4OS. The number of aromatic amines is 2. The summed E-state index contributed by atoms with van der Waals surface area (Å²) in [4.78, 5) is 8.19. The molecule has 0 aliphatic heterocycles. The molecule has 1 unspecified atom stereocenters. The highest BCUT2D eigenvalue weighted by Gasteiger charge is 2.12. The number of fused-ring (bicyclic) bond motifs is 1. The highest BCUT2D eigenvalue weighted by Crippen LogP contribution is 2.25. The van der Waals surface area contributed by atoms with Gasteiger partial charge in [0.25, 0.3) is 0 Å². The standard InChI is InChI=1S/C16H18N4OS.C3H6/c1-11(2)5-4-8-22(21)12-9-14(18-10-12)15-13-6-3-7-17-16(13)20-19-15;1-3-2/h3,5-7,9-10,18H,4,8H2,1-2H3,(H,17,19,20);3H,1H2,2H3. The van der Waals surface area contributed by atoms with Gasteiger partial charge in [-0.15, -0.1) is 6.58 Å². The van der Waals surface area contributed by atoms with Crippen molar-refractivity contribution in [2.45, 2.75) is 32.1 Å². The van der Waals surface area contributed by atoms with Gasteiger partial charge in [0.05, 0.1) is 27.1 Å². The number of H-pyrrole nitrogens is 2. The van der Waals surface area contributed by atoms with Gasteiger partial charge in [0.1, 0.15) is 0 Å². The Bertz CT molecular complexity index is 888. The molecule has 0 fully saturated rings. The van der Waals surface area contributed by atoms with Crippen molar-refractivity contribution in [1.82, 2.24) is 20.2 Å². The lowest BCUT2D eigenvalue weighted by molar-refractivity contribution is 0.683. The first-order valence-electron chi connectivity index (χ1n) is 8.13. The molecule has 0 aromatic carbocycles. The van der Waals surface area contributed by atoms with E-state index in [4.69, 9.17) is 0 Å². The second kappa shape index (κ2) is 9.13. The molecule has 25 heavy (non-hydrogen) atoms. The average Bonchev–Trinajstić information content (AvgIpc) is 3.22. The van der Waals surface area contributed by atoms with E-state index < -0.39 is 10.8 Å². The molecule has 3 rings (SSSR count). The van der Waals surface area contributed by atoms with Crippen molar-refractivity contribution in [1.29, 1.82) is 0 Å². The highest BCUT2D eigenvalue weighted by atomic mass is 32.2. The van der Waals surface area contributed by atoms with Gasteiger partial charge in [0.15, 0.2) is 5.65 Å². The quantitative estimate of drug-likeness (QED) is 0.656. The number of aromatic nitrogens is 4. The van der Waals surface area contributed by atoms with Crippen LogP contribution in [0, 0.1) is 0 Å². The SMILES string of the molecule is C=CC.CC(C)=CCCS(=O)c1c[nH]c(-c2[nH]nc3ncccc23)c1. The van der Waals surface area contributed by atoms with Crippen LogP contribution in [0.5, 0.6) is 0 Å². The fourth-order valence-electron chi connectivity index (χ4n) is 2.28. The maximum absolute atomic E-state index is 12.3. The van der Waals surface area contributed by atoms with Crippen LogP contribution in [-0.2, 0) is 10.8 Å². The third-order valence-electron chi connectivity index (χ3n) is 3.37. The van der Waals surface area contributed by atoms with Gasteiger partial charge in [0.2, 0.25) is 0 Å². The summed E-state index contributed by atoms with van der Waals surface area (Å²) in [5.74, 6) is 0.633. The molecule has 0 saturated heterocycles. The van der Waals surface area contributed by atoms with Crippen LogP contribution < -0.4 is 0 Å². The number of rotatable bonds is 5. The van der Waals surface area contributed by atoms with Gasteiger partial charge in [0, 0.05) is 23.5 Å². The van der Waals surface area contributed by atoms with Crippen molar-refractivity contribution >= 4 is 21.8 Å². The van der Waals surface area contributed by atoms with E-state index in [1.54, 1.807) is 18.5 Å². The first kappa shape index (κ1) is 18.9. The molecule has 0 bridgehead atoms. The molecule has 0 aliphatic rings. The lowest BCUT2D eigenvalue weighted by atomic mass is 10.2. The Balaban J connectivity index is 0.000000701. The molecule has 5 nitrogen and oxygen atoms in total. The molecule has 3 aromatic heterocycles. The zero-order chi connectivity index (χ0) is 18.2. The van der Waals surface area contributed by atoms with Gasteiger partial charge in [-0.1, -0.05) is 17.7 Å². The summed E-state index contributed by atoms with van der Waals surface area (Å²) in [6.07, 6.45) is 8.20. The predicted molar refractivity (Wildman–Crippen MR) is 105 cm³/mol. The number of pyridine rings is 1. The van der Waals surface area contributed by atoms with E-state index >= 15 is 0 Å². The first-order valence-corrected chi connectivity index (χ1v) is 9.45. The normalized spacial score (nSPS) is 11.5. The summed E-state index contributed by atoms with van der Waals surface area (Å²) in [6, 6.07) is 5.76. The van der Waals surface area contributed by atoms with Crippen LogP contribution in [0.2, 0.25) is 0 Å². The number of nitrogens with zero attached hydrogens (tertiary/aromatic N) is 2. The van der Waals surface area contributed by atoms with Crippen molar-refractivity contribution in [2.24, 2.45) is 0 Å². The second-order valence-corrected chi connectivity index (χ2v) is 7.32. The molecule has 3 aromatic rings. The van der Waals surface area contributed by atoms with E-state index in [9.17, 15) is 4.21 Å². The van der Waals surface area contributed by atoms with Gasteiger partial charge < -0.3 is 4.98 Å². The van der Waals surface area contributed by atoms with E-state index in [1.807, 2.05) is 25.1 Å². The van der Waals surface area contributed by atoms with E-state index in [1.165, 1.54) is 5.57 Å². The van der Waals surface area contributed by atoms with Crippen molar-refractivity contribution in [3.05, 3.63) is 54.9 Å². The Morgan fingerprint density at radius 2 is 2.16 bits per heavy atom. The molecule has 0 amide bonds. The van der Waals surface area contributed by atoms with Crippen molar-refractivity contribution in [3.8, 4) is 11.4 Å². The van der Waals surface area contributed by atoms with Crippen LogP contribution in [0.1, 0.15) is 27.2 Å². The molecule has 6 heteroatoms. The monoisotopic (exact) mass is 356 g/mol. The summed E-state index contributed by atoms with van der Waals surface area (Å²) >= 11 is 0. The molecule has 0 spiro atoms. The maximum atomic E-state index is 12.3. The van der Waals surface area contributed by atoms with Crippen LogP contribution >= 0.6 is 0 Å². The minimum Gasteiger partial charge on any atom is -0.359 e. The van der Waals surface area contributed by atoms with Crippen LogP contribution in [-0.4, -0.2) is 30.1 Å². The number of allylic oxidation sites excluding steroid dienone is 3. The molecule has 2 N–H and O–H groups in total. The molecule has 1 atom stereocenters. The summed E-state index contributed by atoms with van der Waals surface area (Å²) in [5, 5.41) is 8.12. The molecule has 0 aliphatic carbocycles. The summed E-state index contributed by atoms with van der Waals surface area (Å²) in [7, 11) is -1.00. The van der Waals surface area contributed by atoms with Crippen LogP contribution in [0.15, 0.2) is 59.8 Å². The molecular weight excluding hydrogens is 332 g/mol.